The minimum absolute atomic E-state index is 0.0383. The van der Waals surface area contributed by atoms with Crippen LogP contribution in [0.5, 0.6) is 0 Å². The molecule has 6 aromatic rings. The molecule has 0 saturated heterocycles. The first-order valence-corrected chi connectivity index (χ1v) is 13.5. The number of pyridine rings is 4. The molecule has 6 aromatic heterocycles. The number of hydrogen-bond acceptors (Lipinski definition) is 7. The van der Waals surface area contributed by atoms with Gasteiger partial charge in [-0.3, -0.25) is 29.8 Å². The Morgan fingerprint density at radius 3 is 2.67 bits per heavy atom. The first kappa shape index (κ1) is 24.1. The Morgan fingerprint density at radius 1 is 0.925 bits per heavy atom. The maximum Gasteiger partial charge on any atom is 0.224 e. The van der Waals surface area contributed by atoms with E-state index in [1.54, 1.807) is 43.4 Å². The lowest BCUT2D eigenvalue weighted by Gasteiger charge is -2.20. The van der Waals surface area contributed by atoms with Gasteiger partial charge in [-0.05, 0) is 37.0 Å². The molecule has 3 N–H and O–H groups in total. The summed E-state index contributed by atoms with van der Waals surface area (Å²) in [4.78, 5) is 38.5. The Balaban J connectivity index is 1.19. The van der Waals surface area contributed by atoms with Crippen LogP contribution in [0.15, 0.2) is 67.6 Å². The van der Waals surface area contributed by atoms with Gasteiger partial charge >= 0.3 is 0 Å². The van der Waals surface area contributed by atoms with E-state index in [4.69, 9.17) is 4.98 Å². The largest absolute Gasteiger partial charge is 0.335 e. The lowest BCUT2D eigenvalue weighted by Crippen LogP contribution is -2.18. The number of hydrogen-bond donors (Lipinski definition) is 3. The smallest absolute Gasteiger partial charge is 0.224 e. The molecule has 0 atom stereocenters. The molecule has 0 aromatic carbocycles. The average Bonchev–Trinajstić information content (AvgIpc) is 3.62. The molecular formula is C30H27N9O. The van der Waals surface area contributed by atoms with E-state index in [0.717, 1.165) is 57.2 Å². The van der Waals surface area contributed by atoms with Crippen LogP contribution in [0.25, 0.3) is 55.8 Å². The van der Waals surface area contributed by atoms with E-state index in [9.17, 15) is 4.79 Å². The Hall–Kier alpha value is -4.99. The molecular weight excluding hydrogens is 502 g/mol. The van der Waals surface area contributed by atoms with Gasteiger partial charge in [-0.15, -0.1) is 0 Å². The molecule has 10 heteroatoms. The molecule has 0 unspecified atom stereocenters. The number of rotatable bonds is 6. The van der Waals surface area contributed by atoms with Crippen molar-refractivity contribution < 1.29 is 4.79 Å². The zero-order valence-corrected chi connectivity index (χ0v) is 21.8. The molecule has 1 saturated carbocycles. The summed E-state index contributed by atoms with van der Waals surface area (Å²) >= 11 is 0. The monoisotopic (exact) mass is 529 g/mol. The van der Waals surface area contributed by atoms with Crippen molar-refractivity contribution in [3.05, 3.63) is 67.6 Å². The number of amides is 1. The average molecular weight is 530 g/mol. The summed E-state index contributed by atoms with van der Waals surface area (Å²) in [5.74, 6) is 1.14. The number of aromatic nitrogens is 8. The summed E-state index contributed by atoms with van der Waals surface area (Å²) in [5, 5.41) is 11.5. The van der Waals surface area contributed by atoms with Gasteiger partial charge in [-0.25, -0.2) is 4.98 Å². The van der Waals surface area contributed by atoms with Crippen molar-refractivity contribution in [3.8, 4) is 33.9 Å². The molecule has 1 fully saturated rings. The zero-order chi connectivity index (χ0) is 26.9. The van der Waals surface area contributed by atoms with Gasteiger partial charge in [0.2, 0.25) is 5.91 Å². The highest BCUT2D eigenvalue weighted by Gasteiger charge is 2.19. The van der Waals surface area contributed by atoms with Crippen LogP contribution >= 0.6 is 0 Å². The van der Waals surface area contributed by atoms with Gasteiger partial charge in [0.05, 0.1) is 41.0 Å². The van der Waals surface area contributed by atoms with Gasteiger partial charge in [0.1, 0.15) is 11.2 Å². The van der Waals surface area contributed by atoms with Gasteiger partial charge in [-0.2, -0.15) is 5.10 Å². The second kappa shape index (κ2) is 10.3. The predicted molar refractivity (Wildman–Crippen MR) is 153 cm³/mol. The Bertz CT molecular complexity index is 1820. The normalized spacial score (nSPS) is 14.1. The summed E-state index contributed by atoms with van der Waals surface area (Å²) in [7, 11) is 0. The van der Waals surface area contributed by atoms with E-state index in [-0.39, 0.29) is 5.91 Å². The molecule has 6 heterocycles. The molecule has 0 bridgehead atoms. The minimum atomic E-state index is 0.0383. The van der Waals surface area contributed by atoms with E-state index >= 15 is 0 Å². The molecule has 7 rings (SSSR count). The van der Waals surface area contributed by atoms with Crippen LogP contribution in [-0.4, -0.2) is 46.0 Å². The molecule has 10 nitrogen and oxygen atoms in total. The van der Waals surface area contributed by atoms with Crippen LogP contribution in [0.4, 0.5) is 5.69 Å². The van der Waals surface area contributed by atoms with Crippen LogP contribution in [0.1, 0.15) is 38.5 Å². The topological polar surface area (TPSA) is 138 Å². The number of carbonyl (C=O) groups is 1. The summed E-state index contributed by atoms with van der Waals surface area (Å²) in [6, 6.07) is 7.75. The van der Waals surface area contributed by atoms with E-state index in [1.165, 1.54) is 19.3 Å². The third-order valence-electron chi connectivity index (χ3n) is 7.55. The zero-order valence-electron chi connectivity index (χ0n) is 21.8. The highest BCUT2D eigenvalue weighted by atomic mass is 16.1. The molecule has 0 radical (unpaired) electrons. The van der Waals surface area contributed by atoms with Crippen molar-refractivity contribution in [1.82, 2.24) is 40.1 Å². The molecule has 198 valence electrons. The van der Waals surface area contributed by atoms with Crippen LogP contribution in [0.2, 0.25) is 0 Å². The van der Waals surface area contributed by atoms with Gasteiger partial charge < -0.3 is 10.3 Å². The van der Waals surface area contributed by atoms with Crippen molar-refractivity contribution in [2.24, 2.45) is 5.92 Å². The second-order valence-electron chi connectivity index (χ2n) is 10.3. The number of carbonyl (C=O) groups excluding carboxylic acids is 1. The molecule has 0 aliphatic heterocycles. The Kier molecular flexibility index (Phi) is 6.19. The first-order valence-electron chi connectivity index (χ1n) is 13.5. The third-order valence-corrected chi connectivity index (χ3v) is 7.55. The maximum atomic E-state index is 12.7. The lowest BCUT2D eigenvalue weighted by molar-refractivity contribution is -0.117. The van der Waals surface area contributed by atoms with Crippen LogP contribution < -0.4 is 5.32 Å². The standard InChI is InChI=1S/C30H27N9O/c40-27(9-18-5-2-1-3-6-18)35-21-10-20(13-32-14-21)24-11-22-25(17-34-24)38-39-29(22)30-36-26-16-33-15-23(28(26)37-30)19-7-4-8-31-12-19/h4,7-8,10-18H,1-3,5-6,9H2,(H,35,40)(H,36,37)(H,38,39). The highest BCUT2D eigenvalue weighted by molar-refractivity contribution is 5.97. The third kappa shape index (κ3) is 4.68. The predicted octanol–water partition coefficient (Wildman–Crippen LogP) is 5.93. The van der Waals surface area contributed by atoms with Gasteiger partial charge in [-0.1, -0.05) is 25.3 Å². The number of aromatic amines is 2. The van der Waals surface area contributed by atoms with Crippen molar-refractivity contribution in [3.63, 3.8) is 0 Å². The van der Waals surface area contributed by atoms with Crippen LogP contribution in [0, 0.1) is 5.92 Å². The maximum absolute atomic E-state index is 12.7. The SMILES string of the molecule is O=C(CC1CCCCC1)Nc1cncc(-c2cc3c(-c4nc5c(-c6cccnc6)cncc5[nH]4)n[nH]c3cn2)c1. The summed E-state index contributed by atoms with van der Waals surface area (Å²) in [6.07, 6.45) is 18.8. The lowest BCUT2D eigenvalue weighted by atomic mass is 9.87. The summed E-state index contributed by atoms with van der Waals surface area (Å²) in [5.41, 5.74) is 7.09. The van der Waals surface area contributed by atoms with Crippen molar-refractivity contribution in [2.45, 2.75) is 38.5 Å². The number of nitrogens with one attached hydrogen (secondary N) is 3. The Morgan fingerprint density at radius 2 is 1.80 bits per heavy atom. The fourth-order valence-electron chi connectivity index (χ4n) is 5.55. The van der Waals surface area contributed by atoms with Crippen LogP contribution in [-0.2, 0) is 4.79 Å². The highest BCUT2D eigenvalue weighted by Crippen LogP contribution is 2.32. The molecule has 40 heavy (non-hydrogen) atoms. The number of fused-ring (bicyclic) bond motifs is 2. The van der Waals surface area contributed by atoms with E-state index in [0.29, 0.717) is 29.5 Å². The van der Waals surface area contributed by atoms with E-state index in [1.807, 2.05) is 24.3 Å². The molecule has 1 aliphatic rings. The number of H-pyrrole nitrogens is 2. The molecule has 1 amide bonds. The number of nitrogens with zero attached hydrogens (tertiary/aromatic N) is 6. The first-order chi connectivity index (χ1) is 19.7. The number of anilines is 1. The van der Waals surface area contributed by atoms with Crippen molar-refractivity contribution in [1.29, 1.82) is 0 Å². The molecule has 1 aliphatic carbocycles. The van der Waals surface area contributed by atoms with Gasteiger partial charge in [0, 0.05) is 53.3 Å². The minimum Gasteiger partial charge on any atom is -0.335 e. The van der Waals surface area contributed by atoms with E-state index in [2.05, 4.69) is 40.4 Å². The summed E-state index contributed by atoms with van der Waals surface area (Å²) < 4.78 is 0. The summed E-state index contributed by atoms with van der Waals surface area (Å²) in [6.45, 7) is 0. The van der Waals surface area contributed by atoms with Gasteiger partial charge in [0.15, 0.2) is 5.82 Å². The quantitative estimate of drug-likeness (QED) is 0.243. The molecule has 0 spiro atoms. The van der Waals surface area contributed by atoms with Crippen molar-refractivity contribution >= 4 is 33.5 Å². The van der Waals surface area contributed by atoms with Crippen molar-refractivity contribution in [2.75, 3.05) is 5.32 Å². The Labute approximate surface area is 229 Å². The fourth-order valence-corrected chi connectivity index (χ4v) is 5.55. The fraction of sp³-hybridized carbons (Fsp3) is 0.233. The number of imidazole rings is 1. The van der Waals surface area contributed by atoms with Gasteiger partial charge in [0.25, 0.3) is 0 Å². The van der Waals surface area contributed by atoms with Crippen LogP contribution in [0.3, 0.4) is 0 Å². The van der Waals surface area contributed by atoms with E-state index < -0.39 is 0 Å². The second-order valence-corrected chi connectivity index (χ2v) is 10.3.